The van der Waals surface area contributed by atoms with Crippen LogP contribution in [0.1, 0.15) is 36.6 Å². The first-order chi connectivity index (χ1) is 21.5. The second-order valence-electron chi connectivity index (χ2n) is 9.40. The number of aryl methyl sites for hydroxylation is 1. The Morgan fingerprint density at radius 2 is 1.13 bits per heavy atom. The van der Waals surface area contributed by atoms with Crippen molar-refractivity contribution < 1.29 is 14.4 Å². The van der Waals surface area contributed by atoms with Gasteiger partial charge in [-0.15, -0.1) is 0 Å². The number of carbonyl (C=O) groups excluding carboxylic acids is 3. The van der Waals surface area contributed by atoms with Crippen LogP contribution in [0.25, 0.3) is 0 Å². The molecule has 0 saturated carbocycles. The van der Waals surface area contributed by atoms with E-state index in [1.54, 1.807) is 66.7 Å². The number of anilines is 4. The highest BCUT2D eigenvalue weighted by molar-refractivity contribution is 6.34. The van der Waals surface area contributed by atoms with Crippen molar-refractivity contribution in [1.29, 1.82) is 0 Å². The SMILES string of the molecule is Cc1cccc(C(=O)Nc2cc(NC(=O)c3ccc(Cl)nc3)ccc2Cl)c1.Nc1cc(NC(=O)c2ccc(Cl)nc2)ccc1Cl. The number of nitrogens with zero attached hydrogens (tertiary/aromatic N) is 2. The van der Waals surface area contributed by atoms with Gasteiger partial charge in [-0.1, -0.05) is 64.1 Å². The molecule has 228 valence electrons. The summed E-state index contributed by atoms with van der Waals surface area (Å²) >= 11 is 23.3. The summed E-state index contributed by atoms with van der Waals surface area (Å²) in [6.45, 7) is 1.91. The molecule has 5 N–H and O–H groups in total. The third-order valence-electron chi connectivity index (χ3n) is 5.99. The molecule has 0 radical (unpaired) electrons. The summed E-state index contributed by atoms with van der Waals surface area (Å²) in [7, 11) is 0. The molecule has 2 heterocycles. The van der Waals surface area contributed by atoms with E-state index in [9.17, 15) is 14.4 Å². The summed E-state index contributed by atoms with van der Waals surface area (Å²) in [5.41, 5.74) is 9.77. The fraction of sp³-hybridized carbons (Fsp3) is 0.0312. The van der Waals surface area contributed by atoms with Crippen LogP contribution in [-0.2, 0) is 0 Å². The lowest BCUT2D eigenvalue weighted by atomic mass is 10.1. The first-order valence-electron chi connectivity index (χ1n) is 13.1. The molecule has 0 aliphatic carbocycles. The monoisotopic (exact) mass is 680 g/mol. The second kappa shape index (κ2) is 15.4. The molecule has 13 heteroatoms. The Morgan fingerprint density at radius 1 is 0.600 bits per heavy atom. The van der Waals surface area contributed by atoms with Gasteiger partial charge in [0.25, 0.3) is 17.7 Å². The Hall–Kier alpha value is -4.67. The summed E-state index contributed by atoms with van der Waals surface area (Å²) in [4.78, 5) is 44.3. The smallest absolute Gasteiger partial charge is 0.257 e. The van der Waals surface area contributed by atoms with Gasteiger partial charge in [0.15, 0.2) is 0 Å². The molecule has 5 aromatic rings. The number of aromatic nitrogens is 2. The van der Waals surface area contributed by atoms with Crippen LogP contribution in [0.4, 0.5) is 22.7 Å². The zero-order valence-corrected chi connectivity index (χ0v) is 26.5. The van der Waals surface area contributed by atoms with E-state index in [4.69, 9.17) is 52.1 Å². The van der Waals surface area contributed by atoms with Crippen LogP contribution in [0.2, 0.25) is 20.4 Å². The molecule has 0 unspecified atom stereocenters. The molecule has 3 amide bonds. The molecule has 9 nitrogen and oxygen atoms in total. The predicted octanol–water partition coefficient (Wildman–Crippen LogP) is 8.42. The van der Waals surface area contributed by atoms with E-state index in [1.807, 2.05) is 19.1 Å². The van der Waals surface area contributed by atoms with E-state index in [0.717, 1.165) is 5.56 Å². The van der Waals surface area contributed by atoms with Gasteiger partial charge in [-0.25, -0.2) is 9.97 Å². The van der Waals surface area contributed by atoms with Gasteiger partial charge in [0.2, 0.25) is 0 Å². The van der Waals surface area contributed by atoms with E-state index in [2.05, 4.69) is 25.9 Å². The lowest BCUT2D eigenvalue weighted by molar-refractivity contribution is 0.101. The number of nitrogen functional groups attached to an aromatic ring is 1. The molecule has 0 spiro atoms. The molecule has 3 aromatic carbocycles. The predicted molar refractivity (Wildman–Crippen MR) is 181 cm³/mol. The Bertz CT molecular complexity index is 1850. The maximum atomic E-state index is 12.4. The maximum absolute atomic E-state index is 12.4. The number of benzene rings is 3. The lowest BCUT2D eigenvalue weighted by Gasteiger charge is -2.11. The normalized spacial score (nSPS) is 10.2. The van der Waals surface area contributed by atoms with Crippen LogP contribution >= 0.6 is 46.4 Å². The number of halogens is 4. The topological polar surface area (TPSA) is 139 Å². The van der Waals surface area contributed by atoms with Gasteiger partial charge in [-0.05, 0) is 79.7 Å². The average Bonchev–Trinajstić information content (AvgIpc) is 3.01. The molecule has 0 fully saturated rings. The van der Waals surface area contributed by atoms with E-state index < -0.39 is 0 Å². The third kappa shape index (κ3) is 9.66. The quantitative estimate of drug-likeness (QED) is 0.105. The van der Waals surface area contributed by atoms with E-state index in [0.29, 0.717) is 59.8 Å². The van der Waals surface area contributed by atoms with E-state index in [-0.39, 0.29) is 17.7 Å². The number of pyridine rings is 2. The average molecular weight is 682 g/mol. The highest BCUT2D eigenvalue weighted by Crippen LogP contribution is 2.27. The van der Waals surface area contributed by atoms with Crippen LogP contribution in [0.3, 0.4) is 0 Å². The number of hydrogen-bond donors (Lipinski definition) is 4. The van der Waals surface area contributed by atoms with Gasteiger partial charge in [-0.2, -0.15) is 0 Å². The summed E-state index contributed by atoms with van der Waals surface area (Å²) in [5, 5.41) is 9.63. The molecule has 0 atom stereocenters. The van der Waals surface area contributed by atoms with Crippen molar-refractivity contribution in [2.75, 3.05) is 21.7 Å². The number of amides is 3. The number of nitrogens with two attached hydrogens (primary N) is 1. The minimum Gasteiger partial charge on any atom is -0.397 e. The van der Waals surface area contributed by atoms with Crippen molar-refractivity contribution in [3.8, 4) is 0 Å². The Labute approximate surface area is 278 Å². The fourth-order valence-corrected chi connectivity index (χ4v) is 4.23. The fourth-order valence-electron chi connectivity index (χ4n) is 3.73. The van der Waals surface area contributed by atoms with Gasteiger partial charge < -0.3 is 21.7 Å². The summed E-state index contributed by atoms with van der Waals surface area (Å²) in [6.07, 6.45) is 2.78. The van der Waals surface area contributed by atoms with E-state index >= 15 is 0 Å². The van der Waals surface area contributed by atoms with Crippen molar-refractivity contribution in [2.24, 2.45) is 0 Å². The number of carbonyl (C=O) groups is 3. The molecular weight excluding hydrogens is 658 g/mol. The molecule has 2 aromatic heterocycles. The largest absolute Gasteiger partial charge is 0.397 e. The number of rotatable bonds is 6. The van der Waals surface area contributed by atoms with Gasteiger partial charge >= 0.3 is 0 Å². The van der Waals surface area contributed by atoms with Gasteiger partial charge in [-0.3, -0.25) is 14.4 Å². The first-order valence-corrected chi connectivity index (χ1v) is 14.6. The van der Waals surface area contributed by atoms with Crippen molar-refractivity contribution in [3.63, 3.8) is 0 Å². The summed E-state index contributed by atoms with van der Waals surface area (Å²) in [6, 6.07) is 23.2. The minimum absolute atomic E-state index is 0.286. The van der Waals surface area contributed by atoms with Crippen LogP contribution in [0.5, 0.6) is 0 Å². The Kier molecular flexibility index (Phi) is 11.3. The Balaban J connectivity index is 0.000000222. The van der Waals surface area contributed by atoms with Crippen LogP contribution in [0.15, 0.2) is 97.3 Å². The summed E-state index contributed by atoms with van der Waals surface area (Å²) < 4.78 is 0. The maximum Gasteiger partial charge on any atom is 0.257 e. The number of hydrogen-bond acceptors (Lipinski definition) is 6. The van der Waals surface area contributed by atoms with Crippen molar-refractivity contribution in [3.05, 3.63) is 140 Å². The second-order valence-corrected chi connectivity index (χ2v) is 11.0. The lowest BCUT2D eigenvalue weighted by Crippen LogP contribution is -2.14. The molecule has 0 bridgehead atoms. The highest BCUT2D eigenvalue weighted by Gasteiger charge is 2.12. The molecule has 5 rings (SSSR count). The van der Waals surface area contributed by atoms with Gasteiger partial charge in [0, 0.05) is 29.3 Å². The molecule has 0 aliphatic heterocycles. The van der Waals surface area contributed by atoms with E-state index in [1.165, 1.54) is 18.5 Å². The van der Waals surface area contributed by atoms with Crippen LogP contribution in [0, 0.1) is 6.92 Å². The molecule has 45 heavy (non-hydrogen) atoms. The molecule has 0 aliphatic rings. The molecule has 0 saturated heterocycles. The van der Waals surface area contributed by atoms with Crippen LogP contribution < -0.4 is 21.7 Å². The van der Waals surface area contributed by atoms with Crippen molar-refractivity contribution in [1.82, 2.24) is 9.97 Å². The standard InChI is InChI=1S/C20H15Cl2N3O2.C12H9Cl2N3O/c1-12-3-2-4-13(9-12)19(26)25-17-10-15(6-7-16(17)21)24-20(27)14-5-8-18(22)23-11-14;13-9-3-2-8(5-10(9)15)17-12(18)7-1-4-11(14)16-6-7/h2-11H,1H3,(H,24,27)(H,25,26);1-6H,15H2,(H,17,18). The number of nitrogens with one attached hydrogen (secondary N) is 3. The molecular formula is C32H24Cl4N6O3. The third-order valence-corrected chi connectivity index (χ3v) is 7.11. The zero-order valence-electron chi connectivity index (χ0n) is 23.4. The minimum atomic E-state index is -0.350. The van der Waals surface area contributed by atoms with Crippen LogP contribution in [-0.4, -0.2) is 27.7 Å². The van der Waals surface area contributed by atoms with Gasteiger partial charge in [0.1, 0.15) is 10.3 Å². The van der Waals surface area contributed by atoms with Crippen molar-refractivity contribution in [2.45, 2.75) is 6.92 Å². The summed E-state index contributed by atoms with van der Waals surface area (Å²) in [5.74, 6) is -0.927. The Morgan fingerprint density at radius 3 is 1.64 bits per heavy atom. The van der Waals surface area contributed by atoms with Gasteiger partial charge in [0.05, 0.1) is 32.5 Å². The zero-order chi connectivity index (χ0) is 32.5. The first kappa shape index (κ1) is 33.2. The van der Waals surface area contributed by atoms with Crippen molar-refractivity contribution >= 4 is 86.9 Å². The highest BCUT2D eigenvalue weighted by atomic mass is 35.5.